The highest BCUT2D eigenvalue weighted by Crippen LogP contribution is 2.33. The van der Waals surface area contributed by atoms with Crippen LogP contribution in [0.3, 0.4) is 0 Å². The van der Waals surface area contributed by atoms with Crippen LogP contribution in [-0.2, 0) is 0 Å². The molecule has 0 saturated carbocycles. The fourth-order valence-corrected chi connectivity index (χ4v) is 3.32. The first-order chi connectivity index (χ1) is 13.2. The van der Waals surface area contributed by atoms with E-state index >= 15 is 0 Å². The Bertz CT molecular complexity index is 1200. The lowest BCUT2D eigenvalue weighted by Gasteiger charge is -2.18. The number of nitrogens with one attached hydrogen (secondary N) is 2. The van der Waals surface area contributed by atoms with Crippen LogP contribution in [0.25, 0.3) is 21.8 Å². The van der Waals surface area contributed by atoms with E-state index in [1.165, 1.54) is 0 Å². The summed E-state index contributed by atoms with van der Waals surface area (Å²) in [5.74, 6) is 1.06. The molecule has 0 saturated heterocycles. The summed E-state index contributed by atoms with van der Waals surface area (Å²) in [5, 5.41) is 4.87. The lowest BCUT2D eigenvalue weighted by molar-refractivity contribution is 0.102. The van der Waals surface area contributed by atoms with Gasteiger partial charge in [-0.15, -0.1) is 0 Å². The Morgan fingerprint density at radius 1 is 1.00 bits per heavy atom. The largest absolute Gasteiger partial charge is 0.486 e. The molecule has 6 heteroatoms. The Morgan fingerprint density at radius 3 is 2.67 bits per heavy atom. The second-order valence-electron chi connectivity index (χ2n) is 6.56. The summed E-state index contributed by atoms with van der Waals surface area (Å²) in [6, 6.07) is 15.2. The average molecular weight is 359 g/mol. The molecule has 2 aromatic carbocycles. The van der Waals surface area contributed by atoms with Crippen LogP contribution in [0.5, 0.6) is 11.5 Å². The van der Waals surface area contributed by atoms with E-state index in [1.807, 2.05) is 31.2 Å². The topological polar surface area (TPSA) is 76.2 Å². The van der Waals surface area contributed by atoms with Crippen molar-refractivity contribution in [2.75, 3.05) is 18.5 Å². The van der Waals surface area contributed by atoms with Gasteiger partial charge in [0.15, 0.2) is 11.5 Å². The number of hydrogen-bond acceptors (Lipinski definition) is 4. The summed E-state index contributed by atoms with van der Waals surface area (Å²) in [6.45, 7) is 3.03. The van der Waals surface area contributed by atoms with E-state index in [0.717, 1.165) is 27.5 Å². The zero-order valence-corrected chi connectivity index (χ0v) is 14.7. The van der Waals surface area contributed by atoms with Gasteiger partial charge in [0.25, 0.3) is 5.91 Å². The fraction of sp³-hybridized carbons (Fsp3) is 0.143. The molecule has 0 bridgehead atoms. The number of amides is 1. The number of aromatic amines is 1. The molecule has 3 heterocycles. The van der Waals surface area contributed by atoms with Gasteiger partial charge >= 0.3 is 0 Å². The van der Waals surface area contributed by atoms with Crippen molar-refractivity contribution in [2.24, 2.45) is 0 Å². The average Bonchev–Trinajstić information content (AvgIpc) is 3.13. The summed E-state index contributed by atoms with van der Waals surface area (Å²) in [6.07, 6.45) is 0. The maximum atomic E-state index is 12.7. The second-order valence-corrected chi connectivity index (χ2v) is 6.56. The monoisotopic (exact) mass is 359 g/mol. The Hall–Kier alpha value is -3.54. The molecule has 1 aliphatic heterocycles. The van der Waals surface area contributed by atoms with E-state index in [2.05, 4.69) is 15.3 Å². The normalized spacial score (nSPS) is 13.1. The van der Waals surface area contributed by atoms with Crippen LogP contribution in [0.15, 0.2) is 48.5 Å². The molecule has 0 spiro atoms. The molecule has 27 heavy (non-hydrogen) atoms. The number of hydrogen-bond donors (Lipinski definition) is 2. The highest BCUT2D eigenvalue weighted by Gasteiger charge is 2.16. The third kappa shape index (κ3) is 2.75. The number of carbonyl (C=O) groups excluding carboxylic acids is 1. The first-order valence-corrected chi connectivity index (χ1v) is 8.77. The van der Waals surface area contributed by atoms with Gasteiger partial charge in [0.2, 0.25) is 0 Å². The van der Waals surface area contributed by atoms with Crippen molar-refractivity contribution < 1.29 is 14.3 Å². The number of H-pyrrole nitrogens is 1. The van der Waals surface area contributed by atoms with Gasteiger partial charge in [-0.1, -0.05) is 18.2 Å². The zero-order valence-electron chi connectivity index (χ0n) is 14.7. The summed E-state index contributed by atoms with van der Waals surface area (Å²) >= 11 is 0. The molecule has 0 radical (unpaired) electrons. The van der Waals surface area contributed by atoms with E-state index < -0.39 is 0 Å². The SMILES string of the molecule is Cc1ccc2ccc3cc(C(=O)Nc4ccc5c(c4)OCCO5)nc3c2[nH]1. The molecule has 0 fully saturated rings. The lowest BCUT2D eigenvalue weighted by Crippen LogP contribution is -2.16. The third-order valence-corrected chi connectivity index (χ3v) is 4.63. The van der Waals surface area contributed by atoms with Crippen molar-refractivity contribution in [3.05, 3.63) is 59.9 Å². The second kappa shape index (κ2) is 6.02. The van der Waals surface area contributed by atoms with Crippen molar-refractivity contribution in [3.63, 3.8) is 0 Å². The predicted octanol–water partition coefficient (Wildman–Crippen LogP) is 4.05. The molecular weight excluding hydrogens is 342 g/mol. The van der Waals surface area contributed by atoms with E-state index in [-0.39, 0.29) is 5.91 Å². The van der Waals surface area contributed by atoms with Crippen molar-refractivity contribution in [1.29, 1.82) is 0 Å². The molecule has 5 rings (SSSR count). The highest BCUT2D eigenvalue weighted by molar-refractivity contribution is 6.10. The van der Waals surface area contributed by atoms with Gasteiger partial charge in [0.05, 0.1) is 11.0 Å². The number of benzene rings is 2. The molecule has 6 nitrogen and oxygen atoms in total. The number of nitrogens with zero attached hydrogens (tertiary/aromatic N) is 1. The number of carbonyl (C=O) groups is 1. The molecular formula is C21H17N3O3. The molecule has 134 valence electrons. The molecule has 0 aliphatic carbocycles. The highest BCUT2D eigenvalue weighted by atomic mass is 16.6. The fourth-order valence-electron chi connectivity index (χ4n) is 3.32. The zero-order chi connectivity index (χ0) is 18.4. The summed E-state index contributed by atoms with van der Waals surface area (Å²) < 4.78 is 11.1. The Morgan fingerprint density at radius 2 is 1.78 bits per heavy atom. The standard InChI is InChI=1S/C21H17N3O3/c1-12-2-3-13-4-5-14-10-16(24-20(14)19(13)22-12)21(25)23-15-6-7-17-18(11-15)27-9-8-26-17/h2-7,10-11,22H,8-9H2,1H3,(H,23,25). The van der Waals surface area contributed by atoms with Gasteiger partial charge in [-0.2, -0.15) is 0 Å². The van der Waals surface area contributed by atoms with Crippen molar-refractivity contribution in [1.82, 2.24) is 9.97 Å². The van der Waals surface area contributed by atoms with Crippen LogP contribution in [0, 0.1) is 6.92 Å². The molecule has 0 atom stereocenters. The molecule has 4 aromatic rings. The summed E-state index contributed by atoms with van der Waals surface area (Å²) in [4.78, 5) is 20.6. The minimum absolute atomic E-state index is 0.260. The molecule has 2 aromatic heterocycles. The third-order valence-electron chi connectivity index (χ3n) is 4.63. The Kier molecular flexibility index (Phi) is 3.50. The number of rotatable bonds is 2. The van der Waals surface area contributed by atoms with Crippen molar-refractivity contribution >= 4 is 33.4 Å². The van der Waals surface area contributed by atoms with Crippen LogP contribution >= 0.6 is 0 Å². The van der Waals surface area contributed by atoms with Crippen LogP contribution in [0.4, 0.5) is 5.69 Å². The number of fused-ring (bicyclic) bond motifs is 4. The van der Waals surface area contributed by atoms with Crippen LogP contribution < -0.4 is 14.8 Å². The summed E-state index contributed by atoms with van der Waals surface area (Å²) in [7, 11) is 0. The number of ether oxygens (including phenoxy) is 2. The molecule has 0 unspecified atom stereocenters. The Labute approximate surface area is 155 Å². The van der Waals surface area contributed by atoms with Gasteiger partial charge in [-0.3, -0.25) is 4.79 Å². The molecule has 1 amide bonds. The minimum atomic E-state index is -0.260. The maximum Gasteiger partial charge on any atom is 0.274 e. The Balaban J connectivity index is 1.49. The number of anilines is 1. The lowest BCUT2D eigenvalue weighted by atomic mass is 10.1. The number of aryl methyl sites for hydroxylation is 1. The smallest absolute Gasteiger partial charge is 0.274 e. The van der Waals surface area contributed by atoms with Crippen LogP contribution in [-0.4, -0.2) is 29.1 Å². The van der Waals surface area contributed by atoms with Gasteiger partial charge in [0.1, 0.15) is 18.9 Å². The van der Waals surface area contributed by atoms with Crippen molar-refractivity contribution in [3.8, 4) is 11.5 Å². The van der Waals surface area contributed by atoms with E-state index in [4.69, 9.17) is 9.47 Å². The molecule has 2 N–H and O–H groups in total. The molecule has 1 aliphatic rings. The predicted molar refractivity (Wildman–Crippen MR) is 104 cm³/mol. The van der Waals surface area contributed by atoms with E-state index in [9.17, 15) is 4.79 Å². The number of pyridine rings is 1. The van der Waals surface area contributed by atoms with Crippen molar-refractivity contribution in [2.45, 2.75) is 6.92 Å². The summed E-state index contributed by atoms with van der Waals surface area (Å²) in [5.41, 5.74) is 3.79. The van der Waals surface area contributed by atoms with E-state index in [1.54, 1.807) is 24.3 Å². The quantitative estimate of drug-likeness (QED) is 0.566. The van der Waals surface area contributed by atoms with Gasteiger partial charge < -0.3 is 19.8 Å². The van der Waals surface area contributed by atoms with Gasteiger partial charge in [-0.25, -0.2) is 4.98 Å². The minimum Gasteiger partial charge on any atom is -0.486 e. The van der Waals surface area contributed by atoms with Gasteiger partial charge in [-0.05, 0) is 31.2 Å². The first kappa shape index (κ1) is 15.7. The van der Waals surface area contributed by atoms with Crippen LogP contribution in [0.2, 0.25) is 0 Å². The maximum absolute atomic E-state index is 12.7. The van der Waals surface area contributed by atoms with Gasteiger partial charge in [0, 0.05) is 28.2 Å². The van der Waals surface area contributed by atoms with E-state index in [0.29, 0.717) is 36.1 Å². The number of aromatic nitrogens is 2. The van der Waals surface area contributed by atoms with Crippen LogP contribution in [0.1, 0.15) is 16.2 Å². The first-order valence-electron chi connectivity index (χ1n) is 8.77.